The molecule has 3 aromatic carbocycles. The van der Waals surface area contributed by atoms with Gasteiger partial charge in [-0.05, 0) is 62.1 Å². The Bertz CT molecular complexity index is 2510. The van der Waals surface area contributed by atoms with Crippen LogP contribution in [-0.2, 0) is 34.5 Å². The summed E-state index contributed by atoms with van der Waals surface area (Å²) in [7, 11) is 0.705. The fraction of sp³-hybridized carbons (Fsp3) is 0.435. The number of halogens is 1. The van der Waals surface area contributed by atoms with Crippen molar-refractivity contribution in [1.29, 1.82) is 0 Å². The molecular weight excluding hydrogens is 903 g/mol. The Labute approximate surface area is 394 Å². The van der Waals surface area contributed by atoms with Crippen molar-refractivity contribution in [3.05, 3.63) is 83.0 Å². The second kappa shape index (κ2) is 21.4. The Morgan fingerprint density at radius 3 is 2.42 bits per heavy atom. The van der Waals surface area contributed by atoms with Crippen LogP contribution in [0.15, 0.2) is 66.9 Å². The predicted octanol–water partition coefficient (Wildman–Crippen LogP) is 4.67. The summed E-state index contributed by atoms with van der Waals surface area (Å²) in [6.07, 6.45) is 4.60. The number of amides is 4. The highest BCUT2D eigenvalue weighted by molar-refractivity contribution is 7.62. The van der Waals surface area contributed by atoms with Crippen LogP contribution >= 0.6 is 19.2 Å². The largest absolute Gasteiger partial charge is 0.494 e. The van der Waals surface area contributed by atoms with Crippen molar-refractivity contribution in [3.63, 3.8) is 0 Å². The highest BCUT2D eigenvalue weighted by Gasteiger charge is 2.40. The Balaban J connectivity index is 0.749. The topological polar surface area (TPSA) is 209 Å². The number of aromatic nitrogens is 2. The average Bonchev–Trinajstić information content (AvgIpc) is 3.68. The monoisotopic (exact) mass is 958 g/mol. The van der Waals surface area contributed by atoms with Crippen LogP contribution in [0.2, 0.25) is 5.02 Å². The number of hydrogen-bond acceptors (Lipinski definition) is 16. The van der Waals surface area contributed by atoms with Crippen LogP contribution in [0.25, 0.3) is 0 Å². The Hall–Kier alpha value is -5.82. The number of methoxy groups -OCH3 is 1. The molecule has 4 aliphatic rings. The smallest absolute Gasteiger partial charge is 0.362 e. The van der Waals surface area contributed by atoms with Crippen LogP contribution in [0.3, 0.4) is 0 Å². The number of imide groups is 1. The van der Waals surface area contributed by atoms with Gasteiger partial charge in [0.25, 0.3) is 5.91 Å². The number of carbonyl (C=O) groups excluding carboxylic acids is 4. The van der Waals surface area contributed by atoms with Crippen LogP contribution in [-0.4, -0.2) is 141 Å². The lowest BCUT2D eigenvalue weighted by Gasteiger charge is -2.43. The summed E-state index contributed by atoms with van der Waals surface area (Å²) in [6, 6.07) is 18.0. The van der Waals surface area contributed by atoms with E-state index in [1.54, 1.807) is 43.5 Å². The molecule has 3 saturated heterocycles. The molecule has 3 fully saturated rings. The maximum Gasteiger partial charge on any atom is 0.362 e. The number of rotatable bonds is 18. The number of nitrogens with one attached hydrogen (secondary N) is 4. The molecule has 0 spiro atoms. The van der Waals surface area contributed by atoms with Gasteiger partial charge in [0.05, 0.1) is 49.7 Å². The van der Waals surface area contributed by atoms with Crippen molar-refractivity contribution in [3.8, 4) is 11.5 Å². The van der Waals surface area contributed by atoms with Crippen LogP contribution in [0.5, 0.6) is 11.5 Å². The molecule has 0 bridgehead atoms. The van der Waals surface area contributed by atoms with Crippen molar-refractivity contribution in [2.75, 3.05) is 95.8 Å². The van der Waals surface area contributed by atoms with Crippen molar-refractivity contribution >= 4 is 77.0 Å². The SMILES string of the molecule is COc1cc(N2CCC(N3CCN(CC(=O)NCCCOc4cccc5c4CN(C4CCC(=O)NC4=O)C5=O)CC3)CC2)ccc1Nc1ncc(Cl)c(Nc2ccccc2P(=O)(OC)OC)n1. The van der Waals surface area contributed by atoms with E-state index in [1.165, 1.54) is 25.3 Å². The zero-order valence-corrected chi connectivity index (χ0v) is 39.4. The molecule has 4 amide bonds. The fourth-order valence-corrected chi connectivity index (χ4v) is 10.4. The third-order valence-electron chi connectivity index (χ3n) is 12.7. The minimum Gasteiger partial charge on any atom is -0.494 e. The number of piperidine rings is 2. The highest BCUT2D eigenvalue weighted by Crippen LogP contribution is 2.47. The second-order valence-electron chi connectivity index (χ2n) is 16.7. The lowest BCUT2D eigenvalue weighted by atomic mass is 10.0. The van der Waals surface area contributed by atoms with E-state index < -0.39 is 19.5 Å². The molecular formula is C46H56ClN10O9P. The Morgan fingerprint density at radius 2 is 1.67 bits per heavy atom. The van der Waals surface area contributed by atoms with Crippen LogP contribution in [0, 0.1) is 0 Å². The van der Waals surface area contributed by atoms with E-state index in [9.17, 15) is 23.7 Å². The number of nitrogens with zero attached hydrogens (tertiary/aromatic N) is 6. The van der Waals surface area contributed by atoms with Gasteiger partial charge in [0.1, 0.15) is 22.6 Å². The van der Waals surface area contributed by atoms with E-state index in [-0.39, 0.29) is 41.7 Å². The number of benzene rings is 3. The van der Waals surface area contributed by atoms with Crippen molar-refractivity contribution in [1.82, 2.24) is 35.3 Å². The standard InChI is InChI=1S/C46H56ClN10O9P/c1-63-39-26-31(12-13-35(39)51-46-49-27-34(47)43(53-46)50-36-9-4-5-11-40(36)67(62,64-2)65-3)55-19-16-30(17-20-55)56-23-21-54(22-24-56)29-42(59)48-18-7-25-66-38-10-6-8-32-33(38)28-57(45(32)61)37-14-15-41(58)52-44(37)60/h4-6,8-13,26-27,30,37H,7,14-25,28-29H2,1-3H3,(H,48,59)(H,52,58,60)(H2,49,50,51,53). The molecule has 0 saturated carbocycles. The molecule has 1 unspecified atom stereocenters. The number of piperazine rings is 1. The number of para-hydroxylation sites is 1. The lowest BCUT2D eigenvalue weighted by Crippen LogP contribution is -2.54. The van der Waals surface area contributed by atoms with Gasteiger partial charge in [-0.2, -0.15) is 4.98 Å². The summed E-state index contributed by atoms with van der Waals surface area (Å²) in [5.41, 5.74) is 3.42. The number of hydrogen-bond donors (Lipinski definition) is 4. The second-order valence-corrected chi connectivity index (χ2v) is 19.3. The minimum absolute atomic E-state index is 0.0203. The summed E-state index contributed by atoms with van der Waals surface area (Å²) >= 11 is 6.49. The molecule has 19 nitrogen and oxygen atoms in total. The Morgan fingerprint density at radius 1 is 0.896 bits per heavy atom. The third-order valence-corrected chi connectivity index (χ3v) is 14.9. The van der Waals surface area contributed by atoms with E-state index in [4.69, 9.17) is 30.1 Å². The molecule has 1 aromatic heterocycles. The maximum atomic E-state index is 13.2. The van der Waals surface area contributed by atoms with Crippen LogP contribution < -0.4 is 40.9 Å². The lowest BCUT2D eigenvalue weighted by molar-refractivity contribution is -0.137. The first kappa shape index (κ1) is 47.7. The summed E-state index contributed by atoms with van der Waals surface area (Å²) in [5, 5.41) is 12.3. The molecule has 356 valence electrons. The van der Waals surface area contributed by atoms with Gasteiger partial charge in [-0.15, -0.1) is 0 Å². The summed E-state index contributed by atoms with van der Waals surface area (Å²) in [4.78, 5) is 67.6. The van der Waals surface area contributed by atoms with Gasteiger partial charge in [-0.1, -0.05) is 29.8 Å². The minimum atomic E-state index is -3.57. The molecule has 4 aromatic rings. The zero-order chi connectivity index (χ0) is 47.1. The van der Waals surface area contributed by atoms with Gasteiger partial charge in [-0.25, -0.2) is 4.98 Å². The van der Waals surface area contributed by atoms with Gasteiger partial charge in [-0.3, -0.25) is 38.9 Å². The fourth-order valence-electron chi connectivity index (χ4n) is 9.04. The van der Waals surface area contributed by atoms with Gasteiger partial charge < -0.3 is 44.3 Å². The highest BCUT2D eigenvalue weighted by atomic mass is 35.5. The first-order valence-corrected chi connectivity index (χ1v) is 24.3. The first-order valence-electron chi connectivity index (χ1n) is 22.4. The van der Waals surface area contributed by atoms with E-state index in [0.717, 1.165) is 63.4 Å². The van der Waals surface area contributed by atoms with E-state index in [1.807, 2.05) is 18.2 Å². The molecule has 8 rings (SSSR count). The van der Waals surface area contributed by atoms with Gasteiger partial charge >= 0.3 is 7.60 Å². The molecule has 0 radical (unpaired) electrons. The number of anilines is 5. The van der Waals surface area contributed by atoms with E-state index in [2.05, 4.69) is 52.0 Å². The molecule has 0 aliphatic carbocycles. The quantitative estimate of drug-likeness (QED) is 0.0607. The van der Waals surface area contributed by atoms with Crippen molar-refractivity contribution in [2.24, 2.45) is 0 Å². The van der Waals surface area contributed by atoms with E-state index >= 15 is 0 Å². The van der Waals surface area contributed by atoms with Gasteiger partial charge in [0, 0.05) is 95.4 Å². The normalized spacial score (nSPS) is 18.4. The molecule has 1 atom stereocenters. The number of fused-ring (bicyclic) bond motifs is 1. The molecule has 4 aliphatic heterocycles. The van der Waals surface area contributed by atoms with Crippen molar-refractivity contribution < 1.29 is 42.3 Å². The summed E-state index contributed by atoms with van der Waals surface area (Å²) in [5.74, 6) is 0.747. The number of carbonyl (C=O) groups is 4. The maximum absolute atomic E-state index is 13.2. The van der Waals surface area contributed by atoms with E-state index in [0.29, 0.717) is 78.1 Å². The summed E-state index contributed by atoms with van der Waals surface area (Å²) in [6.45, 7) is 6.65. The first-order chi connectivity index (χ1) is 32.5. The van der Waals surface area contributed by atoms with Gasteiger partial charge in [0.2, 0.25) is 23.7 Å². The van der Waals surface area contributed by atoms with Crippen LogP contribution in [0.1, 0.15) is 48.0 Å². The van der Waals surface area contributed by atoms with Gasteiger partial charge in [0.15, 0.2) is 5.82 Å². The number of ether oxygens (including phenoxy) is 2. The third kappa shape index (κ3) is 11.0. The molecule has 4 N–H and O–H groups in total. The zero-order valence-electron chi connectivity index (χ0n) is 37.8. The molecule has 5 heterocycles. The predicted molar refractivity (Wildman–Crippen MR) is 253 cm³/mol. The van der Waals surface area contributed by atoms with Crippen LogP contribution in [0.4, 0.5) is 28.8 Å². The molecule has 67 heavy (non-hydrogen) atoms. The summed E-state index contributed by atoms with van der Waals surface area (Å²) < 4.78 is 35.5. The molecule has 21 heteroatoms. The average molecular weight is 959 g/mol. The van der Waals surface area contributed by atoms with Crippen molar-refractivity contribution in [2.45, 2.75) is 50.7 Å². The Kier molecular flexibility index (Phi) is 15.2.